The van der Waals surface area contributed by atoms with Gasteiger partial charge in [-0.25, -0.2) is 0 Å². The van der Waals surface area contributed by atoms with Crippen molar-refractivity contribution in [3.8, 4) is 0 Å². The largest absolute Gasteiger partial charge is 0.310 e. The van der Waals surface area contributed by atoms with Crippen LogP contribution in [0.3, 0.4) is 0 Å². The lowest BCUT2D eigenvalue weighted by molar-refractivity contribution is 1.29. The molecule has 2 nitrogen and oxygen atoms in total. The molecule has 0 unspecified atom stereocenters. The van der Waals surface area contributed by atoms with Crippen molar-refractivity contribution in [3.05, 3.63) is 170 Å². The first-order valence-corrected chi connectivity index (χ1v) is 14.4. The zero-order chi connectivity index (χ0) is 27.9. The SMILES string of the molecule is c1ccc(N(c2ccccc2)c2cc3ccc4cc(N(c5ccccc5)c5ccccc5)cc5ccc(c2)c3c45)cc1. The average molecular weight is 537 g/mol. The molecular weight excluding hydrogens is 508 g/mol. The minimum Gasteiger partial charge on any atom is -0.310 e. The van der Waals surface area contributed by atoms with E-state index in [1.54, 1.807) is 0 Å². The van der Waals surface area contributed by atoms with Crippen LogP contribution in [0.2, 0.25) is 0 Å². The summed E-state index contributed by atoms with van der Waals surface area (Å²) in [5, 5.41) is 7.60. The molecular formula is C40H28N2. The van der Waals surface area contributed by atoms with E-state index in [2.05, 4.69) is 180 Å². The molecule has 0 saturated carbocycles. The van der Waals surface area contributed by atoms with E-state index in [1.165, 1.54) is 32.3 Å². The Balaban J connectivity index is 1.32. The fraction of sp³-hybridized carbons (Fsp3) is 0. The van der Waals surface area contributed by atoms with Gasteiger partial charge < -0.3 is 9.80 Å². The molecule has 8 aromatic carbocycles. The van der Waals surface area contributed by atoms with E-state index in [1.807, 2.05) is 0 Å². The van der Waals surface area contributed by atoms with Crippen LogP contribution in [-0.4, -0.2) is 0 Å². The minimum absolute atomic E-state index is 1.14. The first-order valence-electron chi connectivity index (χ1n) is 14.4. The summed E-state index contributed by atoms with van der Waals surface area (Å²) in [7, 11) is 0. The quantitative estimate of drug-likeness (QED) is 0.195. The molecule has 0 aliphatic carbocycles. The number of rotatable bonds is 6. The van der Waals surface area contributed by atoms with Gasteiger partial charge in [-0.1, -0.05) is 97.1 Å². The minimum atomic E-state index is 1.14. The van der Waals surface area contributed by atoms with Crippen molar-refractivity contribution in [1.29, 1.82) is 0 Å². The fourth-order valence-corrected chi connectivity index (χ4v) is 6.27. The average Bonchev–Trinajstić information content (AvgIpc) is 3.06. The normalized spacial score (nSPS) is 11.3. The van der Waals surface area contributed by atoms with Crippen LogP contribution in [0.15, 0.2) is 170 Å². The van der Waals surface area contributed by atoms with Crippen molar-refractivity contribution in [2.24, 2.45) is 0 Å². The standard InChI is InChI=1S/C40H28N2/c1-5-13-33(14-6-1)41(34-15-7-2-8-16-34)37-25-29-21-23-31-27-38(28-32-24-22-30(26-37)39(29)40(31)32)42(35-17-9-3-10-18-35)36-19-11-4-12-20-36/h1-28H. The Bertz CT molecular complexity index is 1820. The van der Waals surface area contributed by atoms with Crippen LogP contribution >= 0.6 is 0 Å². The van der Waals surface area contributed by atoms with Gasteiger partial charge in [-0.15, -0.1) is 0 Å². The molecule has 8 rings (SSSR count). The van der Waals surface area contributed by atoms with Gasteiger partial charge in [-0.3, -0.25) is 0 Å². The molecule has 0 spiro atoms. The number of hydrogen-bond donors (Lipinski definition) is 0. The Morgan fingerprint density at radius 2 is 0.476 bits per heavy atom. The smallest absolute Gasteiger partial charge is 0.0473 e. The fourth-order valence-electron chi connectivity index (χ4n) is 6.27. The summed E-state index contributed by atoms with van der Waals surface area (Å²) in [5.41, 5.74) is 6.87. The first-order chi connectivity index (χ1) is 20.8. The third-order valence-corrected chi connectivity index (χ3v) is 8.08. The predicted molar refractivity (Wildman–Crippen MR) is 180 cm³/mol. The topological polar surface area (TPSA) is 6.48 Å². The number of para-hydroxylation sites is 4. The van der Waals surface area contributed by atoms with E-state index in [0.29, 0.717) is 0 Å². The van der Waals surface area contributed by atoms with Gasteiger partial charge in [-0.05, 0) is 105 Å². The second-order valence-electron chi connectivity index (χ2n) is 10.7. The molecule has 0 saturated heterocycles. The predicted octanol–water partition coefficient (Wildman–Crippen LogP) is 11.5. The summed E-state index contributed by atoms with van der Waals surface area (Å²) in [6.45, 7) is 0. The van der Waals surface area contributed by atoms with Crippen LogP contribution in [0.5, 0.6) is 0 Å². The molecule has 0 radical (unpaired) electrons. The number of anilines is 6. The van der Waals surface area contributed by atoms with E-state index in [0.717, 1.165) is 34.1 Å². The number of nitrogens with zero attached hydrogens (tertiary/aromatic N) is 2. The Morgan fingerprint density at radius 1 is 0.238 bits per heavy atom. The van der Waals surface area contributed by atoms with E-state index in [-0.39, 0.29) is 0 Å². The lowest BCUT2D eigenvalue weighted by Gasteiger charge is -2.27. The Labute approximate surface area is 245 Å². The summed E-state index contributed by atoms with van der Waals surface area (Å²) in [6.07, 6.45) is 0. The summed E-state index contributed by atoms with van der Waals surface area (Å²) in [5.74, 6) is 0. The van der Waals surface area contributed by atoms with Gasteiger partial charge in [0.1, 0.15) is 0 Å². The van der Waals surface area contributed by atoms with Crippen LogP contribution in [0.25, 0.3) is 32.3 Å². The van der Waals surface area contributed by atoms with Gasteiger partial charge in [0.25, 0.3) is 0 Å². The molecule has 198 valence electrons. The van der Waals surface area contributed by atoms with Crippen LogP contribution < -0.4 is 9.80 Å². The maximum absolute atomic E-state index is 2.34. The third-order valence-electron chi connectivity index (χ3n) is 8.08. The van der Waals surface area contributed by atoms with Crippen LogP contribution in [0.1, 0.15) is 0 Å². The monoisotopic (exact) mass is 536 g/mol. The Morgan fingerprint density at radius 3 is 0.714 bits per heavy atom. The molecule has 8 aromatic rings. The summed E-state index contributed by atoms with van der Waals surface area (Å²) < 4.78 is 0. The van der Waals surface area contributed by atoms with Gasteiger partial charge in [0.2, 0.25) is 0 Å². The van der Waals surface area contributed by atoms with Crippen molar-refractivity contribution in [3.63, 3.8) is 0 Å². The van der Waals surface area contributed by atoms with Crippen molar-refractivity contribution >= 4 is 66.4 Å². The number of benzene rings is 8. The molecule has 2 heteroatoms. The van der Waals surface area contributed by atoms with Gasteiger partial charge >= 0.3 is 0 Å². The van der Waals surface area contributed by atoms with Gasteiger partial charge in [0.15, 0.2) is 0 Å². The molecule has 0 atom stereocenters. The van der Waals surface area contributed by atoms with Gasteiger partial charge in [0.05, 0.1) is 0 Å². The lowest BCUT2D eigenvalue weighted by Crippen LogP contribution is -2.10. The molecule has 0 N–H and O–H groups in total. The summed E-state index contributed by atoms with van der Waals surface area (Å²) in [6, 6.07) is 60.9. The van der Waals surface area contributed by atoms with Crippen molar-refractivity contribution < 1.29 is 0 Å². The molecule has 0 aliphatic heterocycles. The number of hydrogen-bond acceptors (Lipinski definition) is 2. The molecule has 0 fully saturated rings. The zero-order valence-electron chi connectivity index (χ0n) is 23.1. The zero-order valence-corrected chi connectivity index (χ0v) is 23.1. The molecule has 0 heterocycles. The summed E-state index contributed by atoms with van der Waals surface area (Å²) >= 11 is 0. The molecule has 0 aromatic heterocycles. The third kappa shape index (κ3) is 4.13. The van der Waals surface area contributed by atoms with E-state index < -0.39 is 0 Å². The maximum atomic E-state index is 2.34. The Kier molecular flexibility index (Phi) is 5.82. The highest BCUT2D eigenvalue weighted by Crippen LogP contribution is 2.44. The Hall–Kier alpha value is -5.60. The lowest BCUT2D eigenvalue weighted by atomic mass is 9.93. The summed E-state index contributed by atoms with van der Waals surface area (Å²) in [4.78, 5) is 4.67. The van der Waals surface area contributed by atoms with E-state index >= 15 is 0 Å². The molecule has 0 aliphatic rings. The highest BCUT2D eigenvalue weighted by molar-refractivity contribution is 6.24. The van der Waals surface area contributed by atoms with Crippen LogP contribution in [0, 0.1) is 0 Å². The highest BCUT2D eigenvalue weighted by Gasteiger charge is 2.18. The van der Waals surface area contributed by atoms with Gasteiger partial charge in [0, 0.05) is 34.1 Å². The maximum Gasteiger partial charge on any atom is 0.0473 e. The van der Waals surface area contributed by atoms with Crippen molar-refractivity contribution in [2.45, 2.75) is 0 Å². The molecule has 0 bridgehead atoms. The molecule has 42 heavy (non-hydrogen) atoms. The highest BCUT2D eigenvalue weighted by atomic mass is 15.1. The first kappa shape index (κ1) is 24.2. The van der Waals surface area contributed by atoms with E-state index in [4.69, 9.17) is 0 Å². The second kappa shape index (κ2) is 10.1. The second-order valence-corrected chi connectivity index (χ2v) is 10.7. The van der Waals surface area contributed by atoms with Gasteiger partial charge in [-0.2, -0.15) is 0 Å². The van der Waals surface area contributed by atoms with Crippen LogP contribution in [0.4, 0.5) is 34.1 Å². The molecule has 0 amide bonds. The van der Waals surface area contributed by atoms with Crippen molar-refractivity contribution in [1.82, 2.24) is 0 Å². The van der Waals surface area contributed by atoms with Crippen molar-refractivity contribution in [2.75, 3.05) is 9.80 Å². The van der Waals surface area contributed by atoms with Crippen LogP contribution in [-0.2, 0) is 0 Å². The van der Waals surface area contributed by atoms with E-state index in [9.17, 15) is 0 Å².